The number of carbonyl (C=O) groups is 2. The summed E-state index contributed by atoms with van der Waals surface area (Å²) in [6.07, 6.45) is 0. The standard InChI is InChI=1S/C24H17ClFNO4/c1-31-19-5-3-2-4-18(19)22(28)20-21(14-6-10-16(26)11-7-14)27(24(30)23(20)29)17-12-8-15(25)9-13-17/h2-13,21,28H,1H3/b22-20-. The Bertz CT molecular complexity index is 1190. The largest absolute Gasteiger partial charge is 0.507 e. The number of Topliss-reactive ketones (excluding diaryl/α,β-unsaturated/α-hetero) is 1. The number of nitrogens with zero attached hydrogens (tertiary/aromatic N) is 1. The number of aliphatic hydroxyl groups is 1. The number of benzene rings is 3. The molecular formula is C24H17ClFNO4. The van der Waals surface area contributed by atoms with Crippen LogP contribution in [0.1, 0.15) is 17.2 Å². The molecule has 1 saturated heterocycles. The lowest BCUT2D eigenvalue weighted by molar-refractivity contribution is -0.132. The van der Waals surface area contributed by atoms with Crippen LogP contribution >= 0.6 is 11.6 Å². The molecule has 1 unspecified atom stereocenters. The van der Waals surface area contributed by atoms with Gasteiger partial charge in [-0.05, 0) is 54.1 Å². The molecule has 3 aromatic rings. The summed E-state index contributed by atoms with van der Waals surface area (Å²) in [5, 5.41) is 11.6. The first-order valence-electron chi connectivity index (χ1n) is 9.38. The number of amides is 1. The lowest BCUT2D eigenvalue weighted by Crippen LogP contribution is -2.29. The van der Waals surface area contributed by atoms with Gasteiger partial charge in [0, 0.05) is 10.7 Å². The van der Waals surface area contributed by atoms with Crippen LogP contribution in [0.25, 0.3) is 5.76 Å². The third kappa shape index (κ3) is 3.66. The van der Waals surface area contributed by atoms with E-state index in [0.29, 0.717) is 22.0 Å². The number of para-hydroxylation sites is 1. The summed E-state index contributed by atoms with van der Waals surface area (Å²) in [6.45, 7) is 0. The number of ketones is 1. The topological polar surface area (TPSA) is 66.8 Å². The molecule has 0 spiro atoms. The van der Waals surface area contributed by atoms with Gasteiger partial charge in [0.25, 0.3) is 11.7 Å². The minimum atomic E-state index is -0.966. The first-order valence-corrected chi connectivity index (χ1v) is 9.75. The van der Waals surface area contributed by atoms with Crippen molar-refractivity contribution in [3.05, 3.63) is 100 Å². The van der Waals surface area contributed by atoms with Crippen LogP contribution in [0, 0.1) is 5.82 Å². The van der Waals surface area contributed by atoms with Gasteiger partial charge >= 0.3 is 0 Å². The Hall–Kier alpha value is -3.64. The van der Waals surface area contributed by atoms with Crippen molar-refractivity contribution in [2.45, 2.75) is 6.04 Å². The number of aliphatic hydroxyl groups excluding tert-OH is 1. The molecule has 1 fully saturated rings. The highest BCUT2D eigenvalue weighted by molar-refractivity contribution is 6.51. The second kappa shape index (κ2) is 8.24. The van der Waals surface area contributed by atoms with E-state index in [9.17, 15) is 19.1 Å². The molecule has 4 rings (SSSR count). The van der Waals surface area contributed by atoms with Crippen LogP contribution in [-0.4, -0.2) is 23.9 Å². The van der Waals surface area contributed by atoms with Crippen molar-refractivity contribution in [2.24, 2.45) is 0 Å². The highest BCUT2D eigenvalue weighted by atomic mass is 35.5. The minimum absolute atomic E-state index is 0.115. The summed E-state index contributed by atoms with van der Waals surface area (Å²) < 4.78 is 18.9. The van der Waals surface area contributed by atoms with Crippen molar-refractivity contribution >= 4 is 34.7 Å². The maximum Gasteiger partial charge on any atom is 0.300 e. The zero-order valence-corrected chi connectivity index (χ0v) is 17.1. The van der Waals surface area contributed by atoms with Crippen LogP contribution in [0.2, 0.25) is 5.02 Å². The van der Waals surface area contributed by atoms with Crippen molar-refractivity contribution < 1.29 is 23.8 Å². The lowest BCUT2D eigenvalue weighted by Gasteiger charge is -2.25. The van der Waals surface area contributed by atoms with E-state index in [1.807, 2.05) is 0 Å². The van der Waals surface area contributed by atoms with Gasteiger partial charge < -0.3 is 9.84 Å². The zero-order chi connectivity index (χ0) is 22.1. The number of hydrogen-bond acceptors (Lipinski definition) is 4. The first kappa shape index (κ1) is 20.6. The Balaban J connectivity index is 1.96. The summed E-state index contributed by atoms with van der Waals surface area (Å²) in [5.74, 6) is -2.16. The van der Waals surface area contributed by atoms with Gasteiger partial charge in [-0.2, -0.15) is 0 Å². The van der Waals surface area contributed by atoms with Crippen molar-refractivity contribution in [2.75, 3.05) is 12.0 Å². The van der Waals surface area contributed by atoms with Gasteiger partial charge in [0.05, 0.1) is 24.3 Å². The quantitative estimate of drug-likeness (QED) is 0.350. The van der Waals surface area contributed by atoms with Crippen molar-refractivity contribution in [3.8, 4) is 5.75 Å². The Morgan fingerprint density at radius 1 is 1.00 bits per heavy atom. The van der Waals surface area contributed by atoms with Crippen molar-refractivity contribution in [1.29, 1.82) is 0 Å². The molecule has 7 heteroatoms. The highest BCUT2D eigenvalue weighted by Gasteiger charge is 2.47. The summed E-state index contributed by atoms with van der Waals surface area (Å²) in [7, 11) is 1.44. The number of anilines is 1. The molecule has 5 nitrogen and oxygen atoms in total. The maximum atomic E-state index is 13.6. The van der Waals surface area contributed by atoms with E-state index in [0.717, 1.165) is 0 Å². The van der Waals surface area contributed by atoms with Gasteiger partial charge in [0.1, 0.15) is 17.3 Å². The summed E-state index contributed by atoms with van der Waals surface area (Å²) in [5.41, 5.74) is 1.04. The SMILES string of the molecule is COc1ccccc1/C(O)=C1/C(=O)C(=O)N(c2ccc(Cl)cc2)C1c1ccc(F)cc1. The van der Waals surface area contributed by atoms with Gasteiger partial charge in [0.15, 0.2) is 0 Å². The van der Waals surface area contributed by atoms with E-state index in [4.69, 9.17) is 16.3 Å². The fraction of sp³-hybridized carbons (Fsp3) is 0.0833. The Morgan fingerprint density at radius 3 is 2.29 bits per heavy atom. The molecular weight excluding hydrogens is 421 g/mol. The van der Waals surface area contributed by atoms with Crippen LogP contribution in [0.5, 0.6) is 5.75 Å². The zero-order valence-electron chi connectivity index (χ0n) is 16.4. The molecule has 3 aromatic carbocycles. The van der Waals surface area contributed by atoms with E-state index >= 15 is 0 Å². The summed E-state index contributed by atoms with van der Waals surface area (Å²) in [4.78, 5) is 27.4. The van der Waals surface area contributed by atoms with E-state index in [1.165, 1.54) is 36.3 Å². The predicted molar refractivity (Wildman–Crippen MR) is 116 cm³/mol. The predicted octanol–water partition coefficient (Wildman–Crippen LogP) is 5.11. The molecule has 0 aliphatic carbocycles. The number of rotatable bonds is 4. The number of methoxy groups -OCH3 is 1. The normalized spacial score (nSPS) is 17.8. The molecule has 156 valence electrons. The fourth-order valence-corrected chi connectivity index (χ4v) is 3.77. The average molecular weight is 438 g/mol. The first-order chi connectivity index (χ1) is 14.9. The van der Waals surface area contributed by atoms with Crippen LogP contribution in [0.15, 0.2) is 78.4 Å². The monoisotopic (exact) mass is 437 g/mol. The number of hydrogen-bond donors (Lipinski definition) is 1. The van der Waals surface area contributed by atoms with Gasteiger partial charge in [-0.15, -0.1) is 0 Å². The molecule has 1 aliphatic rings. The summed E-state index contributed by atoms with van der Waals surface area (Å²) in [6, 6.07) is 17.5. The third-order valence-corrected chi connectivity index (χ3v) is 5.35. The molecule has 31 heavy (non-hydrogen) atoms. The second-order valence-corrected chi connectivity index (χ2v) is 7.33. The molecule has 1 N–H and O–H groups in total. The molecule has 1 heterocycles. The molecule has 1 amide bonds. The molecule has 0 radical (unpaired) electrons. The molecule has 0 saturated carbocycles. The van der Waals surface area contributed by atoms with E-state index in [2.05, 4.69) is 0 Å². The van der Waals surface area contributed by atoms with Gasteiger partial charge in [-0.25, -0.2) is 4.39 Å². The van der Waals surface area contributed by atoms with Gasteiger partial charge in [-0.1, -0.05) is 35.9 Å². The number of ether oxygens (including phenoxy) is 1. The second-order valence-electron chi connectivity index (χ2n) is 6.90. The van der Waals surface area contributed by atoms with E-state index in [-0.39, 0.29) is 16.9 Å². The van der Waals surface area contributed by atoms with Crippen LogP contribution in [0.3, 0.4) is 0 Å². The van der Waals surface area contributed by atoms with Gasteiger partial charge in [0.2, 0.25) is 0 Å². The van der Waals surface area contributed by atoms with Crippen molar-refractivity contribution in [3.63, 3.8) is 0 Å². The number of halogens is 2. The molecule has 0 aromatic heterocycles. The van der Waals surface area contributed by atoms with Crippen LogP contribution in [-0.2, 0) is 9.59 Å². The smallest absolute Gasteiger partial charge is 0.300 e. The maximum absolute atomic E-state index is 13.6. The molecule has 1 atom stereocenters. The highest BCUT2D eigenvalue weighted by Crippen LogP contribution is 2.43. The van der Waals surface area contributed by atoms with E-state index < -0.39 is 23.5 Å². The molecule has 1 aliphatic heterocycles. The Labute approximate surface area is 182 Å². The Morgan fingerprint density at radius 2 is 1.65 bits per heavy atom. The van der Waals surface area contributed by atoms with Crippen molar-refractivity contribution in [1.82, 2.24) is 0 Å². The molecule has 0 bridgehead atoms. The third-order valence-electron chi connectivity index (χ3n) is 5.10. The minimum Gasteiger partial charge on any atom is -0.507 e. The fourth-order valence-electron chi connectivity index (χ4n) is 3.65. The average Bonchev–Trinajstić information content (AvgIpc) is 3.05. The Kier molecular flexibility index (Phi) is 5.48. The van der Waals surface area contributed by atoms with E-state index in [1.54, 1.807) is 48.5 Å². The summed E-state index contributed by atoms with van der Waals surface area (Å²) >= 11 is 5.97. The lowest BCUT2D eigenvalue weighted by atomic mass is 9.95. The van der Waals surface area contributed by atoms with Crippen LogP contribution < -0.4 is 9.64 Å². The number of carbonyl (C=O) groups excluding carboxylic acids is 2. The van der Waals surface area contributed by atoms with Crippen LogP contribution in [0.4, 0.5) is 10.1 Å². The van der Waals surface area contributed by atoms with Gasteiger partial charge in [-0.3, -0.25) is 14.5 Å².